The molecule has 8 heteroatoms. The molecule has 2 N–H and O–H groups in total. The fraction of sp³-hybridized carbons (Fsp3) is 0.385. The minimum absolute atomic E-state index is 0.0907. The predicted molar refractivity (Wildman–Crippen MR) is 73.4 cm³/mol. The summed E-state index contributed by atoms with van der Waals surface area (Å²) in [6, 6.07) is 0.865. The first-order chi connectivity index (χ1) is 9.97. The van der Waals surface area contributed by atoms with Gasteiger partial charge in [0.25, 0.3) is 5.91 Å². The van der Waals surface area contributed by atoms with Crippen LogP contribution in [-0.4, -0.2) is 52.4 Å². The highest BCUT2D eigenvalue weighted by Crippen LogP contribution is 2.19. The largest absolute Gasteiger partial charge is 0.347 e. The molecule has 110 valence electrons. The maximum Gasteiger partial charge on any atom is 0.323 e. The van der Waals surface area contributed by atoms with Crippen LogP contribution in [0, 0.1) is 0 Å². The van der Waals surface area contributed by atoms with Gasteiger partial charge in [0, 0.05) is 19.2 Å². The van der Waals surface area contributed by atoms with E-state index in [4.69, 9.17) is 0 Å². The van der Waals surface area contributed by atoms with Gasteiger partial charge in [-0.05, 0) is 13.0 Å². The number of likely N-dealkylation sites (N-methyl/N-ethyl adjacent to an activating group) is 1. The van der Waals surface area contributed by atoms with Crippen LogP contribution in [0.2, 0.25) is 0 Å². The molecular weight excluding hydrogens is 274 g/mol. The number of hydrogen-bond donors (Lipinski definition) is 2. The number of hydrogen-bond acceptors (Lipinski definition) is 4. The molecule has 0 bridgehead atoms. The van der Waals surface area contributed by atoms with E-state index in [1.807, 2.05) is 0 Å². The van der Waals surface area contributed by atoms with E-state index in [0.717, 1.165) is 5.56 Å². The van der Waals surface area contributed by atoms with Crippen LogP contribution in [0.4, 0.5) is 10.5 Å². The Hall–Kier alpha value is -2.64. The first-order valence-electron chi connectivity index (χ1n) is 6.57. The Balaban J connectivity index is 1.74. The molecule has 0 aliphatic carbocycles. The van der Waals surface area contributed by atoms with Gasteiger partial charge in [0.2, 0.25) is 5.91 Å². The van der Waals surface area contributed by atoms with Crippen LogP contribution in [-0.2, 0) is 11.3 Å². The Morgan fingerprint density at radius 3 is 2.90 bits per heavy atom. The molecule has 1 atom stereocenters. The number of carbonyl (C=O) groups is 3. The average molecular weight is 289 g/mol. The summed E-state index contributed by atoms with van der Waals surface area (Å²) < 4.78 is 0. The molecule has 4 amide bonds. The van der Waals surface area contributed by atoms with Gasteiger partial charge in [0.05, 0.1) is 18.6 Å². The second-order valence-corrected chi connectivity index (χ2v) is 5.17. The Morgan fingerprint density at radius 2 is 2.24 bits per heavy atom. The summed E-state index contributed by atoms with van der Waals surface area (Å²) in [6.45, 7) is 2.35. The lowest BCUT2D eigenvalue weighted by atomic mass is 10.2. The Labute approximate surface area is 121 Å². The van der Waals surface area contributed by atoms with Crippen molar-refractivity contribution in [3.8, 4) is 0 Å². The van der Waals surface area contributed by atoms with Crippen molar-refractivity contribution < 1.29 is 14.4 Å². The maximum absolute atomic E-state index is 12.2. The fourth-order valence-corrected chi connectivity index (χ4v) is 2.49. The van der Waals surface area contributed by atoms with Crippen molar-refractivity contribution in [2.75, 3.05) is 19.0 Å². The highest BCUT2D eigenvalue weighted by Gasteiger charge is 2.36. The van der Waals surface area contributed by atoms with E-state index >= 15 is 0 Å². The zero-order valence-electron chi connectivity index (χ0n) is 11.7. The molecule has 1 aromatic heterocycles. The van der Waals surface area contributed by atoms with Gasteiger partial charge in [-0.2, -0.15) is 0 Å². The van der Waals surface area contributed by atoms with Crippen LogP contribution >= 0.6 is 0 Å². The molecule has 8 nitrogen and oxygen atoms in total. The molecule has 1 saturated heterocycles. The minimum Gasteiger partial charge on any atom is -0.347 e. The van der Waals surface area contributed by atoms with Crippen LogP contribution in [0.5, 0.6) is 0 Å². The third-order valence-corrected chi connectivity index (χ3v) is 3.70. The number of rotatable bonds is 1. The van der Waals surface area contributed by atoms with Crippen molar-refractivity contribution in [3.63, 3.8) is 0 Å². The summed E-state index contributed by atoms with van der Waals surface area (Å²) in [5.41, 5.74) is 1.64. The van der Waals surface area contributed by atoms with Gasteiger partial charge in [0.15, 0.2) is 0 Å². The van der Waals surface area contributed by atoms with Crippen LogP contribution < -0.4 is 10.6 Å². The number of nitrogens with zero attached hydrogens (tertiary/aromatic N) is 3. The highest BCUT2D eigenvalue weighted by molar-refractivity contribution is 5.98. The van der Waals surface area contributed by atoms with E-state index < -0.39 is 6.04 Å². The van der Waals surface area contributed by atoms with Crippen molar-refractivity contribution in [3.05, 3.63) is 23.5 Å². The normalized spacial score (nSPS) is 20.6. The Kier molecular flexibility index (Phi) is 3.00. The smallest absolute Gasteiger partial charge is 0.323 e. The topological polar surface area (TPSA) is 94.6 Å². The molecule has 3 heterocycles. The van der Waals surface area contributed by atoms with Gasteiger partial charge in [-0.1, -0.05) is 0 Å². The Bertz CT molecular complexity index is 645. The average Bonchev–Trinajstić information content (AvgIpc) is 2.94. The number of carbonyl (C=O) groups excluding carboxylic acids is 3. The Morgan fingerprint density at radius 1 is 1.48 bits per heavy atom. The molecule has 2 aliphatic heterocycles. The third-order valence-electron chi connectivity index (χ3n) is 3.70. The lowest BCUT2D eigenvalue weighted by Gasteiger charge is -2.19. The molecular formula is C13H15N5O3. The summed E-state index contributed by atoms with van der Waals surface area (Å²) in [4.78, 5) is 42.3. The molecule has 2 aliphatic rings. The monoisotopic (exact) mass is 289 g/mol. The van der Waals surface area contributed by atoms with Crippen LogP contribution in [0.15, 0.2) is 12.3 Å². The molecule has 1 fully saturated rings. The quantitative estimate of drug-likeness (QED) is 0.759. The number of aromatic nitrogens is 1. The predicted octanol–water partition coefficient (Wildman–Crippen LogP) is -0.0231. The van der Waals surface area contributed by atoms with Gasteiger partial charge in [-0.3, -0.25) is 14.5 Å². The number of amides is 4. The number of urea groups is 1. The highest BCUT2D eigenvalue weighted by atomic mass is 16.2. The molecule has 0 radical (unpaired) electrons. The molecule has 0 aromatic carbocycles. The summed E-state index contributed by atoms with van der Waals surface area (Å²) >= 11 is 0. The van der Waals surface area contributed by atoms with Crippen molar-refractivity contribution in [2.24, 2.45) is 0 Å². The van der Waals surface area contributed by atoms with Gasteiger partial charge in [-0.25, -0.2) is 9.78 Å². The van der Waals surface area contributed by atoms with E-state index in [1.165, 1.54) is 16.0 Å². The van der Waals surface area contributed by atoms with Gasteiger partial charge < -0.3 is 15.5 Å². The van der Waals surface area contributed by atoms with Gasteiger partial charge in [0.1, 0.15) is 11.7 Å². The number of nitrogens with one attached hydrogen (secondary N) is 2. The second-order valence-electron chi connectivity index (χ2n) is 5.17. The summed E-state index contributed by atoms with van der Waals surface area (Å²) in [5, 5.41) is 5.37. The van der Waals surface area contributed by atoms with E-state index in [-0.39, 0.29) is 24.5 Å². The van der Waals surface area contributed by atoms with Gasteiger partial charge >= 0.3 is 6.03 Å². The molecule has 1 aromatic rings. The molecule has 0 spiro atoms. The van der Waals surface area contributed by atoms with E-state index in [1.54, 1.807) is 20.0 Å². The zero-order valence-corrected chi connectivity index (χ0v) is 11.7. The first kappa shape index (κ1) is 13.3. The molecule has 0 saturated carbocycles. The van der Waals surface area contributed by atoms with Crippen molar-refractivity contribution in [1.82, 2.24) is 20.1 Å². The van der Waals surface area contributed by atoms with E-state index in [2.05, 4.69) is 15.6 Å². The lowest BCUT2D eigenvalue weighted by Crippen LogP contribution is -2.39. The molecule has 1 unspecified atom stereocenters. The number of pyridine rings is 1. The van der Waals surface area contributed by atoms with Crippen molar-refractivity contribution in [1.29, 1.82) is 0 Å². The maximum atomic E-state index is 12.2. The lowest BCUT2D eigenvalue weighted by molar-refractivity contribution is -0.127. The number of anilines is 1. The zero-order chi connectivity index (χ0) is 15.1. The summed E-state index contributed by atoms with van der Waals surface area (Å²) in [5.74, 6) is -0.296. The van der Waals surface area contributed by atoms with Crippen LogP contribution in [0.25, 0.3) is 0 Å². The van der Waals surface area contributed by atoms with E-state index in [0.29, 0.717) is 17.9 Å². The SMILES string of the molecule is CC1C(=O)N(C)CN1C(=O)Nc1cnc2c(c1)CNC2=O. The summed E-state index contributed by atoms with van der Waals surface area (Å²) in [7, 11) is 1.65. The fourth-order valence-electron chi connectivity index (χ4n) is 2.49. The van der Waals surface area contributed by atoms with Crippen molar-refractivity contribution in [2.45, 2.75) is 19.5 Å². The first-order valence-corrected chi connectivity index (χ1v) is 6.57. The number of fused-ring (bicyclic) bond motifs is 1. The van der Waals surface area contributed by atoms with Crippen LogP contribution in [0.3, 0.4) is 0 Å². The van der Waals surface area contributed by atoms with Crippen molar-refractivity contribution >= 4 is 23.5 Å². The minimum atomic E-state index is -0.486. The standard InChI is InChI=1S/C13H15N5O3/c1-7-12(20)17(2)6-18(7)13(21)16-9-3-8-4-15-11(19)10(8)14-5-9/h3,5,7H,4,6H2,1-2H3,(H,15,19)(H,16,21). The van der Waals surface area contributed by atoms with Crippen LogP contribution in [0.1, 0.15) is 23.0 Å². The second kappa shape index (κ2) is 4.72. The molecule has 21 heavy (non-hydrogen) atoms. The van der Waals surface area contributed by atoms with E-state index in [9.17, 15) is 14.4 Å². The molecule has 3 rings (SSSR count). The summed E-state index contributed by atoms with van der Waals surface area (Å²) in [6.07, 6.45) is 1.44. The third kappa shape index (κ3) is 2.18. The van der Waals surface area contributed by atoms with Gasteiger partial charge in [-0.15, -0.1) is 0 Å².